The summed E-state index contributed by atoms with van der Waals surface area (Å²) in [5, 5.41) is 0. The van der Waals surface area contributed by atoms with Gasteiger partial charge in [0.05, 0.1) is 17.1 Å². The van der Waals surface area contributed by atoms with Crippen molar-refractivity contribution in [3.8, 4) is 0 Å². The molecule has 2 aromatic carbocycles. The highest BCUT2D eigenvalue weighted by atomic mass is 32.2. The molecule has 0 unspecified atom stereocenters. The molecule has 1 saturated heterocycles. The maximum atomic E-state index is 12.8. The van der Waals surface area contributed by atoms with E-state index < -0.39 is 21.9 Å². The summed E-state index contributed by atoms with van der Waals surface area (Å²) in [5.41, 5.74) is 0.582. The van der Waals surface area contributed by atoms with Crippen LogP contribution in [0.25, 0.3) is 0 Å². The monoisotopic (exact) mass is 401 g/mol. The number of likely N-dealkylation sites (tertiary alicyclic amines) is 1. The van der Waals surface area contributed by atoms with E-state index in [1.807, 2.05) is 6.07 Å². The molecule has 0 aromatic heterocycles. The third-order valence-electron chi connectivity index (χ3n) is 4.67. The molecule has 6 nitrogen and oxygen atoms in total. The van der Waals surface area contributed by atoms with Gasteiger partial charge in [0, 0.05) is 18.7 Å². The Labute approximate surface area is 165 Å². The van der Waals surface area contributed by atoms with Gasteiger partial charge in [0.1, 0.15) is 0 Å². The van der Waals surface area contributed by atoms with Gasteiger partial charge in [-0.2, -0.15) is 0 Å². The summed E-state index contributed by atoms with van der Waals surface area (Å²) < 4.78 is 30.2. The number of ether oxygens (including phenoxy) is 1. The standard InChI is InChI=1S/C21H23NO5S/c23-19(13-16-28(25,26)18-11-5-2-6-12-18)27-20(17-9-3-1-4-10-17)21(24)22-14-7-8-15-22/h1-6,9-12,20H,7-8,13-16H2/t20-/m1/s1. The van der Waals surface area contributed by atoms with E-state index in [0.29, 0.717) is 18.7 Å². The van der Waals surface area contributed by atoms with Crippen LogP contribution in [0, 0.1) is 0 Å². The van der Waals surface area contributed by atoms with E-state index in [1.165, 1.54) is 12.1 Å². The predicted molar refractivity (Wildman–Crippen MR) is 104 cm³/mol. The minimum Gasteiger partial charge on any atom is -0.447 e. The van der Waals surface area contributed by atoms with Crippen LogP contribution in [0.5, 0.6) is 0 Å². The second kappa shape index (κ2) is 9.01. The summed E-state index contributed by atoms with van der Waals surface area (Å²) in [4.78, 5) is 27.0. The fourth-order valence-electron chi connectivity index (χ4n) is 3.15. The summed E-state index contributed by atoms with van der Waals surface area (Å²) in [5.74, 6) is -1.33. The molecule has 7 heteroatoms. The lowest BCUT2D eigenvalue weighted by atomic mass is 10.1. The van der Waals surface area contributed by atoms with E-state index in [4.69, 9.17) is 4.74 Å². The topological polar surface area (TPSA) is 80.7 Å². The van der Waals surface area contributed by atoms with E-state index in [0.717, 1.165) is 12.8 Å². The molecule has 1 atom stereocenters. The minimum atomic E-state index is -3.59. The van der Waals surface area contributed by atoms with Crippen molar-refractivity contribution in [2.45, 2.75) is 30.3 Å². The van der Waals surface area contributed by atoms with Crippen LogP contribution in [-0.4, -0.2) is 44.0 Å². The van der Waals surface area contributed by atoms with E-state index in [9.17, 15) is 18.0 Å². The Morgan fingerprint density at radius 3 is 2.11 bits per heavy atom. The Hall–Kier alpha value is -2.67. The van der Waals surface area contributed by atoms with Crippen molar-refractivity contribution in [2.75, 3.05) is 18.8 Å². The lowest BCUT2D eigenvalue weighted by Crippen LogP contribution is -2.35. The molecule has 1 aliphatic heterocycles. The lowest BCUT2D eigenvalue weighted by Gasteiger charge is -2.23. The molecule has 3 rings (SSSR count). The number of carbonyl (C=O) groups excluding carboxylic acids is 2. The smallest absolute Gasteiger partial charge is 0.307 e. The largest absolute Gasteiger partial charge is 0.447 e. The third-order valence-corrected chi connectivity index (χ3v) is 6.40. The molecular weight excluding hydrogens is 378 g/mol. The molecule has 0 spiro atoms. The van der Waals surface area contributed by atoms with Crippen LogP contribution < -0.4 is 0 Å². The average molecular weight is 401 g/mol. The molecule has 1 amide bonds. The maximum absolute atomic E-state index is 12.8. The van der Waals surface area contributed by atoms with Crippen LogP contribution in [0.4, 0.5) is 0 Å². The molecule has 1 aliphatic rings. The van der Waals surface area contributed by atoms with Crippen LogP contribution in [0.2, 0.25) is 0 Å². The van der Waals surface area contributed by atoms with Gasteiger partial charge in [-0.1, -0.05) is 48.5 Å². The van der Waals surface area contributed by atoms with Gasteiger partial charge in [0.15, 0.2) is 9.84 Å². The molecule has 0 aliphatic carbocycles. The summed E-state index contributed by atoms with van der Waals surface area (Å²) in [6.45, 7) is 1.28. The molecule has 0 bridgehead atoms. The van der Waals surface area contributed by atoms with Crippen LogP contribution in [0.1, 0.15) is 30.9 Å². The van der Waals surface area contributed by atoms with Crippen LogP contribution in [0.15, 0.2) is 65.6 Å². The first-order chi connectivity index (χ1) is 13.5. The van der Waals surface area contributed by atoms with Crippen molar-refractivity contribution in [3.05, 3.63) is 66.2 Å². The fraction of sp³-hybridized carbons (Fsp3) is 0.333. The highest BCUT2D eigenvalue weighted by molar-refractivity contribution is 7.91. The van der Waals surface area contributed by atoms with E-state index in [1.54, 1.807) is 47.4 Å². The Kier molecular flexibility index (Phi) is 6.46. The predicted octanol–water partition coefficient (Wildman–Crippen LogP) is 2.76. The van der Waals surface area contributed by atoms with Gasteiger partial charge in [0.2, 0.25) is 6.10 Å². The van der Waals surface area contributed by atoms with Gasteiger partial charge in [-0.05, 0) is 25.0 Å². The fourth-order valence-corrected chi connectivity index (χ4v) is 4.39. The highest BCUT2D eigenvalue weighted by Gasteiger charge is 2.31. The van der Waals surface area contributed by atoms with Gasteiger partial charge in [-0.25, -0.2) is 8.42 Å². The molecule has 0 saturated carbocycles. The van der Waals surface area contributed by atoms with Crippen molar-refractivity contribution in [3.63, 3.8) is 0 Å². The third kappa shape index (κ3) is 4.98. The van der Waals surface area contributed by atoms with Crippen LogP contribution >= 0.6 is 0 Å². The zero-order valence-corrected chi connectivity index (χ0v) is 16.3. The minimum absolute atomic E-state index is 0.163. The first-order valence-electron chi connectivity index (χ1n) is 9.28. The van der Waals surface area contributed by atoms with Gasteiger partial charge in [-0.15, -0.1) is 0 Å². The van der Waals surface area contributed by atoms with Gasteiger partial charge >= 0.3 is 5.97 Å². The number of carbonyl (C=O) groups is 2. The number of hydrogen-bond donors (Lipinski definition) is 0. The quantitative estimate of drug-likeness (QED) is 0.667. The first kappa shape index (κ1) is 20.1. The van der Waals surface area contributed by atoms with Gasteiger partial charge in [0.25, 0.3) is 5.91 Å². The first-order valence-corrected chi connectivity index (χ1v) is 10.9. The van der Waals surface area contributed by atoms with E-state index >= 15 is 0 Å². The molecule has 1 fully saturated rings. The molecular formula is C21H23NO5S. The molecule has 0 N–H and O–H groups in total. The average Bonchev–Trinajstić information content (AvgIpc) is 3.26. The molecule has 0 radical (unpaired) electrons. The number of sulfone groups is 1. The number of amides is 1. The number of esters is 1. The molecule has 2 aromatic rings. The normalized spacial score (nSPS) is 15.2. The SMILES string of the molecule is O=C(CCS(=O)(=O)c1ccccc1)O[C@@H](C(=O)N1CCCC1)c1ccccc1. The highest BCUT2D eigenvalue weighted by Crippen LogP contribution is 2.23. The second-order valence-electron chi connectivity index (χ2n) is 6.69. The molecule has 28 heavy (non-hydrogen) atoms. The van der Waals surface area contributed by atoms with Crippen LogP contribution in [-0.2, 0) is 24.2 Å². The summed E-state index contributed by atoms with van der Waals surface area (Å²) in [7, 11) is -3.59. The van der Waals surface area contributed by atoms with Gasteiger partial charge in [-0.3, -0.25) is 9.59 Å². The number of rotatable bonds is 7. The Bertz CT molecular complexity index is 906. The van der Waals surface area contributed by atoms with Crippen molar-refractivity contribution in [1.29, 1.82) is 0 Å². The number of nitrogens with zero attached hydrogens (tertiary/aromatic N) is 1. The van der Waals surface area contributed by atoms with E-state index in [2.05, 4.69) is 0 Å². The Morgan fingerprint density at radius 2 is 1.50 bits per heavy atom. The summed E-state index contributed by atoms with van der Waals surface area (Å²) in [6.07, 6.45) is 0.493. The van der Waals surface area contributed by atoms with Gasteiger partial charge < -0.3 is 9.64 Å². The van der Waals surface area contributed by atoms with Crippen molar-refractivity contribution in [1.82, 2.24) is 4.90 Å². The Morgan fingerprint density at radius 1 is 0.929 bits per heavy atom. The summed E-state index contributed by atoms with van der Waals surface area (Å²) in [6, 6.07) is 16.8. The zero-order chi connectivity index (χ0) is 20.0. The van der Waals surface area contributed by atoms with E-state index in [-0.39, 0.29) is 23.0 Å². The zero-order valence-electron chi connectivity index (χ0n) is 15.5. The van der Waals surface area contributed by atoms with Crippen molar-refractivity contribution < 1.29 is 22.7 Å². The maximum Gasteiger partial charge on any atom is 0.307 e. The Balaban J connectivity index is 1.68. The molecule has 148 valence electrons. The van der Waals surface area contributed by atoms with Crippen molar-refractivity contribution in [2.24, 2.45) is 0 Å². The van der Waals surface area contributed by atoms with Crippen molar-refractivity contribution >= 4 is 21.7 Å². The molecule has 1 heterocycles. The van der Waals surface area contributed by atoms with Crippen LogP contribution in [0.3, 0.4) is 0 Å². The second-order valence-corrected chi connectivity index (χ2v) is 8.80. The lowest BCUT2D eigenvalue weighted by molar-refractivity contribution is -0.160. The summed E-state index contributed by atoms with van der Waals surface area (Å²) >= 11 is 0. The number of benzene rings is 2. The number of hydrogen-bond acceptors (Lipinski definition) is 5.